The minimum atomic E-state index is 0.160. The van der Waals surface area contributed by atoms with Gasteiger partial charge in [-0.05, 0) is 18.1 Å². The molecule has 0 saturated carbocycles. The van der Waals surface area contributed by atoms with E-state index in [1.807, 2.05) is 12.2 Å². The standard InChI is InChI=1S/C8H12OS/c1-6(2)8-7(10)4-3-5-9-8/h3-6,8,10H,1-2H3. The summed E-state index contributed by atoms with van der Waals surface area (Å²) in [6, 6.07) is 0. The quantitative estimate of drug-likeness (QED) is 0.573. The Morgan fingerprint density at radius 1 is 1.60 bits per heavy atom. The molecule has 56 valence electrons. The van der Waals surface area contributed by atoms with Gasteiger partial charge in [0.15, 0.2) is 0 Å². The van der Waals surface area contributed by atoms with Crippen molar-refractivity contribution in [3.63, 3.8) is 0 Å². The molecule has 0 aromatic heterocycles. The average molecular weight is 156 g/mol. The molecule has 0 bridgehead atoms. The second-order valence-corrected chi connectivity index (χ2v) is 3.24. The Balaban J connectivity index is 2.64. The lowest BCUT2D eigenvalue weighted by atomic mass is 10.1. The number of thiol groups is 1. The molecule has 0 aliphatic carbocycles. The van der Waals surface area contributed by atoms with Crippen molar-refractivity contribution in [1.29, 1.82) is 0 Å². The number of hydrogen-bond donors (Lipinski definition) is 1. The normalized spacial score (nSPS) is 24.4. The summed E-state index contributed by atoms with van der Waals surface area (Å²) in [5.74, 6) is 0.494. The third-order valence-corrected chi connectivity index (χ3v) is 1.87. The molecule has 0 saturated heterocycles. The zero-order valence-electron chi connectivity index (χ0n) is 6.24. The molecule has 1 rings (SSSR count). The van der Waals surface area contributed by atoms with Crippen molar-refractivity contribution in [3.8, 4) is 0 Å². The van der Waals surface area contributed by atoms with Gasteiger partial charge in [0.1, 0.15) is 6.10 Å². The van der Waals surface area contributed by atoms with E-state index in [2.05, 4.69) is 26.5 Å². The average Bonchev–Trinajstić information content (AvgIpc) is 1.88. The van der Waals surface area contributed by atoms with E-state index in [9.17, 15) is 0 Å². The van der Waals surface area contributed by atoms with E-state index >= 15 is 0 Å². The maximum absolute atomic E-state index is 5.33. The topological polar surface area (TPSA) is 9.23 Å². The van der Waals surface area contributed by atoms with E-state index in [1.54, 1.807) is 6.26 Å². The Bertz CT molecular complexity index is 170. The molecule has 1 heterocycles. The highest BCUT2D eigenvalue weighted by Gasteiger charge is 2.17. The summed E-state index contributed by atoms with van der Waals surface area (Å²) in [5.41, 5.74) is 0. The van der Waals surface area contributed by atoms with Crippen LogP contribution in [0.15, 0.2) is 23.3 Å². The molecule has 0 spiro atoms. The molecule has 1 aliphatic rings. The minimum absolute atomic E-state index is 0.160. The van der Waals surface area contributed by atoms with E-state index in [1.165, 1.54) is 0 Å². The van der Waals surface area contributed by atoms with Crippen LogP contribution in [0.1, 0.15) is 13.8 Å². The van der Waals surface area contributed by atoms with E-state index in [-0.39, 0.29) is 6.10 Å². The number of hydrogen-bond acceptors (Lipinski definition) is 2. The Hall–Kier alpha value is -0.370. The lowest BCUT2D eigenvalue weighted by Crippen LogP contribution is -2.19. The van der Waals surface area contributed by atoms with Gasteiger partial charge in [-0.1, -0.05) is 13.8 Å². The van der Waals surface area contributed by atoms with Gasteiger partial charge in [0.25, 0.3) is 0 Å². The highest BCUT2D eigenvalue weighted by molar-refractivity contribution is 7.84. The van der Waals surface area contributed by atoms with Crippen LogP contribution in [0.5, 0.6) is 0 Å². The molecule has 1 atom stereocenters. The summed E-state index contributed by atoms with van der Waals surface area (Å²) in [5, 5.41) is 0. The summed E-state index contributed by atoms with van der Waals surface area (Å²) in [4.78, 5) is 1.01. The van der Waals surface area contributed by atoms with E-state index in [4.69, 9.17) is 4.74 Å². The Morgan fingerprint density at radius 3 is 2.70 bits per heavy atom. The first-order valence-electron chi connectivity index (χ1n) is 3.43. The second-order valence-electron chi connectivity index (χ2n) is 2.72. The van der Waals surface area contributed by atoms with Gasteiger partial charge in [0, 0.05) is 4.91 Å². The molecule has 2 heteroatoms. The van der Waals surface area contributed by atoms with Crippen molar-refractivity contribution in [3.05, 3.63) is 23.3 Å². The largest absolute Gasteiger partial charge is 0.493 e. The fourth-order valence-electron chi connectivity index (χ4n) is 0.931. The van der Waals surface area contributed by atoms with Crippen LogP contribution in [0.2, 0.25) is 0 Å². The van der Waals surface area contributed by atoms with E-state index in [0.29, 0.717) is 5.92 Å². The number of rotatable bonds is 1. The summed E-state index contributed by atoms with van der Waals surface area (Å²) in [6.45, 7) is 4.24. The molecular weight excluding hydrogens is 144 g/mol. The van der Waals surface area contributed by atoms with Gasteiger partial charge < -0.3 is 4.74 Å². The van der Waals surface area contributed by atoms with E-state index in [0.717, 1.165) is 4.91 Å². The van der Waals surface area contributed by atoms with Crippen LogP contribution < -0.4 is 0 Å². The zero-order valence-corrected chi connectivity index (χ0v) is 7.14. The summed E-state index contributed by atoms with van der Waals surface area (Å²) >= 11 is 4.28. The lowest BCUT2D eigenvalue weighted by molar-refractivity contribution is 0.136. The maximum Gasteiger partial charge on any atom is 0.131 e. The molecule has 1 unspecified atom stereocenters. The fraction of sp³-hybridized carbons (Fsp3) is 0.500. The predicted octanol–water partition coefficient (Wildman–Crippen LogP) is 2.37. The third kappa shape index (κ3) is 1.57. The van der Waals surface area contributed by atoms with E-state index < -0.39 is 0 Å². The van der Waals surface area contributed by atoms with Crippen LogP contribution in [0.25, 0.3) is 0 Å². The molecule has 0 radical (unpaired) electrons. The van der Waals surface area contributed by atoms with Gasteiger partial charge in [0.2, 0.25) is 0 Å². The SMILES string of the molecule is CC(C)C1OC=CC=C1S. The monoisotopic (exact) mass is 156 g/mol. The highest BCUT2D eigenvalue weighted by atomic mass is 32.1. The van der Waals surface area contributed by atoms with Gasteiger partial charge in [-0.3, -0.25) is 0 Å². The molecule has 0 fully saturated rings. The van der Waals surface area contributed by atoms with Crippen LogP contribution in [0.3, 0.4) is 0 Å². The van der Waals surface area contributed by atoms with Crippen LogP contribution in [-0.4, -0.2) is 6.10 Å². The Kier molecular flexibility index (Phi) is 2.44. The van der Waals surface area contributed by atoms with Gasteiger partial charge >= 0.3 is 0 Å². The maximum atomic E-state index is 5.33. The molecule has 0 aromatic carbocycles. The Labute approximate surface area is 67.2 Å². The Morgan fingerprint density at radius 2 is 2.30 bits per heavy atom. The number of allylic oxidation sites excluding steroid dienone is 2. The predicted molar refractivity (Wildman–Crippen MR) is 45.9 cm³/mol. The van der Waals surface area contributed by atoms with Gasteiger partial charge in [-0.25, -0.2) is 0 Å². The van der Waals surface area contributed by atoms with Crippen molar-refractivity contribution in [2.45, 2.75) is 20.0 Å². The summed E-state index contributed by atoms with van der Waals surface area (Å²) in [6.07, 6.45) is 5.71. The second kappa shape index (κ2) is 3.15. The highest BCUT2D eigenvalue weighted by Crippen LogP contribution is 2.22. The van der Waals surface area contributed by atoms with Crippen molar-refractivity contribution in [1.82, 2.24) is 0 Å². The molecule has 1 nitrogen and oxygen atoms in total. The lowest BCUT2D eigenvalue weighted by Gasteiger charge is -2.22. The van der Waals surface area contributed by atoms with Crippen molar-refractivity contribution in [2.24, 2.45) is 5.92 Å². The third-order valence-electron chi connectivity index (χ3n) is 1.47. The number of ether oxygens (including phenoxy) is 1. The van der Waals surface area contributed by atoms with Crippen LogP contribution in [0.4, 0.5) is 0 Å². The van der Waals surface area contributed by atoms with Crippen molar-refractivity contribution >= 4 is 12.6 Å². The molecule has 0 N–H and O–H groups in total. The van der Waals surface area contributed by atoms with Crippen molar-refractivity contribution < 1.29 is 4.74 Å². The summed E-state index contributed by atoms with van der Waals surface area (Å²) in [7, 11) is 0. The summed E-state index contributed by atoms with van der Waals surface area (Å²) < 4.78 is 5.33. The molecule has 0 aromatic rings. The molecule has 0 amide bonds. The smallest absolute Gasteiger partial charge is 0.131 e. The van der Waals surface area contributed by atoms with Crippen molar-refractivity contribution in [2.75, 3.05) is 0 Å². The van der Waals surface area contributed by atoms with Gasteiger partial charge in [-0.2, -0.15) is 0 Å². The van der Waals surface area contributed by atoms with Crippen LogP contribution in [0, 0.1) is 5.92 Å². The van der Waals surface area contributed by atoms with Crippen LogP contribution >= 0.6 is 12.6 Å². The molecule has 1 aliphatic heterocycles. The zero-order chi connectivity index (χ0) is 7.56. The molecular formula is C8H12OS. The first-order chi connectivity index (χ1) is 4.72. The first kappa shape index (κ1) is 7.73. The van der Waals surface area contributed by atoms with Gasteiger partial charge in [0.05, 0.1) is 6.26 Å². The van der Waals surface area contributed by atoms with Crippen LogP contribution in [-0.2, 0) is 4.74 Å². The molecule has 10 heavy (non-hydrogen) atoms. The minimum Gasteiger partial charge on any atom is -0.493 e. The van der Waals surface area contributed by atoms with Gasteiger partial charge in [-0.15, -0.1) is 12.6 Å². The first-order valence-corrected chi connectivity index (χ1v) is 3.87. The fourth-order valence-corrected chi connectivity index (χ4v) is 1.38.